The second-order valence-corrected chi connectivity index (χ2v) is 5.88. The number of piperidine rings is 1. The summed E-state index contributed by atoms with van der Waals surface area (Å²) in [6.45, 7) is 1.18. The number of amides is 1. The topological polar surface area (TPSA) is 58.6 Å². The Labute approximate surface area is 140 Å². The fourth-order valence-electron chi connectivity index (χ4n) is 2.79. The SMILES string of the molecule is COC(=O)CCCC(=O)N1CCC[C@@H](Nc2ccc(F)c(F)c2)C1. The third-order valence-electron chi connectivity index (χ3n) is 4.06. The van der Waals surface area contributed by atoms with E-state index in [1.807, 2.05) is 0 Å². The largest absolute Gasteiger partial charge is 0.469 e. The van der Waals surface area contributed by atoms with Gasteiger partial charge in [0.1, 0.15) is 0 Å². The van der Waals surface area contributed by atoms with Gasteiger partial charge in [0.25, 0.3) is 0 Å². The molecule has 0 saturated carbocycles. The third kappa shape index (κ3) is 5.18. The first kappa shape index (κ1) is 18.2. The van der Waals surface area contributed by atoms with E-state index in [0.717, 1.165) is 25.0 Å². The lowest BCUT2D eigenvalue weighted by Gasteiger charge is -2.33. The molecule has 1 aromatic carbocycles. The summed E-state index contributed by atoms with van der Waals surface area (Å²) in [6, 6.07) is 3.67. The molecule has 1 aliphatic rings. The van der Waals surface area contributed by atoms with Gasteiger partial charge < -0.3 is 15.0 Å². The predicted molar refractivity (Wildman–Crippen MR) is 85.4 cm³/mol. The molecule has 5 nitrogen and oxygen atoms in total. The summed E-state index contributed by atoms with van der Waals surface area (Å²) in [5.41, 5.74) is 0.499. The fraction of sp³-hybridized carbons (Fsp3) is 0.529. The highest BCUT2D eigenvalue weighted by Crippen LogP contribution is 2.19. The number of likely N-dealkylation sites (tertiary alicyclic amines) is 1. The predicted octanol–water partition coefficient (Wildman–Crippen LogP) is 2.71. The monoisotopic (exact) mass is 340 g/mol. The molecule has 1 heterocycles. The molecule has 0 bridgehead atoms. The number of methoxy groups -OCH3 is 1. The zero-order chi connectivity index (χ0) is 17.5. The zero-order valence-electron chi connectivity index (χ0n) is 13.7. The number of carbonyl (C=O) groups excluding carboxylic acids is 2. The molecule has 0 aliphatic carbocycles. The number of benzene rings is 1. The molecule has 0 unspecified atom stereocenters. The van der Waals surface area contributed by atoms with Gasteiger partial charge in [0, 0.05) is 43.7 Å². The molecular weight excluding hydrogens is 318 g/mol. The molecule has 1 N–H and O–H groups in total. The molecule has 1 amide bonds. The van der Waals surface area contributed by atoms with E-state index in [4.69, 9.17) is 0 Å². The first-order valence-corrected chi connectivity index (χ1v) is 8.05. The molecule has 1 aliphatic heterocycles. The Morgan fingerprint density at radius 2 is 2.08 bits per heavy atom. The van der Waals surface area contributed by atoms with Gasteiger partial charge in [0.15, 0.2) is 11.6 Å². The Hall–Kier alpha value is -2.18. The number of hydrogen-bond acceptors (Lipinski definition) is 4. The maximum atomic E-state index is 13.3. The summed E-state index contributed by atoms with van der Waals surface area (Å²) < 4.78 is 30.8. The van der Waals surface area contributed by atoms with Crippen molar-refractivity contribution < 1.29 is 23.1 Å². The van der Waals surface area contributed by atoms with Crippen LogP contribution < -0.4 is 5.32 Å². The summed E-state index contributed by atoms with van der Waals surface area (Å²) in [5.74, 6) is -2.10. The Bertz CT molecular complexity index is 595. The Morgan fingerprint density at radius 3 is 2.79 bits per heavy atom. The third-order valence-corrected chi connectivity index (χ3v) is 4.06. The van der Waals surface area contributed by atoms with E-state index >= 15 is 0 Å². The summed E-state index contributed by atoms with van der Waals surface area (Å²) in [7, 11) is 1.32. The summed E-state index contributed by atoms with van der Waals surface area (Å²) >= 11 is 0. The van der Waals surface area contributed by atoms with Crippen molar-refractivity contribution in [2.24, 2.45) is 0 Å². The van der Waals surface area contributed by atoms with Gasteiger partial charge in [-0.25, -0.2) is 8.78 Å². The van der Waals surface area contributed by atoms with Gasteiger partial charge in [-0.05, 0) is 31.4 Å². The van der Waals surface area contributed by atoms with Crippen molar-refractivity contribution in [1.82, 2.24) is 4.90 Å². The Morgan fingerprint density at radius 1 is 1.29 bits per heavy atom. The molecule has 132 valence electrons. The van der Waals surface area contributed by atoms with Crippen LogP contribution in [0.3, 0.4) is 0 Å². The van der Waals surface area contributed by atoms with Crippen LogP contribution in [0.1, 0.15) is 32.1 Å². The highest BCUT2D eigenvalue weighted by molar-refractivity contribution is 5.77. The van der Waals surface area contributed by atoms with Crippen LogP contribution in [0.15, 0.2) is 18.2 Å². The van der Waals surface area contributed by atoms with Crippen LogP contribution in [0.25, 0.3) is 0 Å². The summed E-state index contributed by atoms with van der Waals surface area (Å²) in [5, 5.41) is 3.14. The molecule has 0 aromatic heterocycles. The quantitative estimate of drug-likeness (QED) is 0.809. The van der Waals surface area contributed by atoms with Crippen LogP contribution in [-0.2, 0) is 14.3 Å². The van der Waals surface area contributed by atoms with E-state index in [1.165, 1.54) is 13.2 Å². The second-order valence-electron chi connectivity index (χ2n) is 5.88. The van der Waals surface area contributed by atoms with Gasteiger partial charge in [-0.3, -0.25) is 9.59 Å². The minimum Gasteiger partial charge on any atom is -0.469 e. The molecule has 1 atom stereocenters. The van der Waals surface area contributed by atoms with Gasteiger partial charge in [-0.15, -0.1) is 0 Å². The van der Waals surface area contributed by atoms with E-state index in [-0.39, 0.29) is 24.3 Å². The Balaban J connectivity index is 1.83. The van der Waals surface area contributed by atoms with E-state index in [0.29, 0.717) is 31.6 Å². The van der Waals surface area contributed by atoms with Gasteiger partial charge in [0.05, 0.1) is 7.11 Å². The lowest BCUT2D eigenvalue weighted by atomic mass is 10.0. The average Bonchev–Trinajstić information content (AvgIpc) is 2.58. The maximum absolute atomic E-state index is 13.3. The van der Waals surface area contributed by atoms with Crippen LogP contribution in [0.5, 0.6) is 0 Å². The number of halogens is 2. The van der Waals surface area contributed by atoms with Crippen molar-refractivity contribution in [1.29, 1.82) is 0 Å². The maximum Gasteiger partial charge on any atom is 0.305 e. The molecule has 0 spiro atoms. The van der Waals surface area contributed by atoms with Gasteiger partial charge in [-0.2, -0.15) is 0 Å². The smallest absolute Gasteiger partial charge is 0.305 e. The van der Waals surface area contributed by atoms with E-state index in [2.05, 4.69) is 10.1 Å². The van der Waals surface area contributed by atoms with Crippen molar-refractivity contribution in [3.63, 3.8) is 0 Å². The Kier molecular flexibility index (Phi) is 6.52. The van der Waals surface area contributed by atoms with Crippen LogP contribution in [-0.4, -0.2) is 43.0 Å². The standard InChI is InChI=1S/C17H22F2N2O3/c1-24-17(23)6-2-5-16(22)21-9-3-4-13(11-21)20-12-7-8-14(18)15(19)10-12/h7-8,10,13,20H,2-6,9,11H2,1H3/t13-/m1/s1. The molecule has 1 saturated heterocycles. The van der Waals surface area contributed by atoms with Gasteiger partial charge in [-0.1, -0.05) is 0 Å². The van der Waals surface area contributed by atoms with Crippen molar-refractivity contribution in [3.05, 3.63) is 29.8 Å². The number of nitrogens with zero attached hydrogens (tertiary/aromatic N) is 1. The molecule has 2 rings (SSSR count). The fourth-order valence-corrected chi connectivity index (χ4v) is 2.79. The summed E-state index contributed by atoms with van der Waals surface area (Å²) in [4.78, 5) is 25.0. The number of carbonyl (C=O) groups is 2. The zero-order valence-corrected chi connectivity index (χ0v) is 13.7. The second kappa shape index (κ2) is 8.61. The minimum atomic E-state index is -0.897. The van der Waals surface area contributed by atoms with Crippen LogP contribution >= 0.6 is 0 Å². The molecule has 1 aromatic rings. The molecule has 7 heteroatoms. The van der Waals surface area contributed by atoms with Crippen LogP contribution in [0.4, 0.5) is 14.5 Å². The van der Waals surface area contributed by atoms with E-state index in [9.17, 15) is 18.4 Å². The number of rotatable bonds is 6. The highest BCUT2D eigenvalue weighted by Gasteiger charge is 2.23. The van der Waals surface area contributed by atoms with Crippen LogP contribution in [0.2, 0.25) is 0 Å². The van der Waals surface area contributed by atoms with Crippen molar-refractivity contribution in [3.8, 4) is 0 Å². The first-order chi connectivity index (χ1) is 11.5. The molecule has 0 radical (unpaired) electrons. The first-order valence-electron chi connectivity index (χ1n) is 8.05. The number of ether oxygens (including phenoxy) is 1. The number of esters is 1. The van der Waals surface area contributed by atoms with Gasteiger partial charge >= 0.3 is 5.97 Å². The van der Waals surface area contributed by atoms with Crippen molar-refractivity contribution in [2.75, 3.05) is 25.5 Å². The molecule has 24 heavy (non-hydrogen) atoms. The lowest BCUT2D eigenvalue weighted by molar-refractivity contribution is -0.141. The van der Waals surface area contributed by atoms with E-state index < -0.39 is 11.6 Å². The average molecular weight is 340 g/mol. The van der Waals surface area contributed by atoms with Crippen molar-refractivity contribution in [2.45, 2.75) is 38.1 Å². The summed E-state index contributed by atoms with van der Waals surface area (Å²) in [6.07, 6.45) is 2.68. The van der Waals surface area contributed by atoms with Crippen LogP contribution in [0, 0.1) is 11.6 Å². The highest BCUT2D eigenvalue weighted by atomic mass is 19.2. The van der Waals surface area contributed by atoms with Crippen molar-refractivity contribution >= 4 is 17.6 Å². The number of anilines is 1. The number of hydrogen-bond donors (Lipinski definition) is 1. The normalized spacial score (nSPS) is 17.5. The minimum absolute atomic E-state index is 0.00399. The lowest BCUT2D eigenvalue weighted by Crippen LogP contribution is -2.45. The van der Waals surface area contributed by atoms with Gasteiger partial charge in [0.2, 0.25) is 5.91 Å². The van der Waals surface area contributed by atoms with E-state index in [1.54, 1.807) is 4.90 Å². The number of nitrogens with one attached hydrogen (secondary N) is 1. The molecular formula is C17H22F2N2O3. The molecule has 1 fully saturated rings.